The van der Waals surface area contributed by atoms with Gasteiger partial charge in [0, 0.05) is 29.4 Å². The lowest BCUT2D eigenvalue weighted by atomic mass is 9.91. The van der Waals surface area contributed by atoms with E-state index in [1.165, 1.54) is 35.1 Å². The van der Waals surface area contributed by atoms with E-state index < -0.39 is 0 Å². The summed E-state index contributed by atoms with van der Waals surface area (Å²) >= 11 is 1.90. The minimum Gasteiger partial charge on any atom is -0.345 e. The fourth-order valence-electron chi connectivity index (χ4n) is 3.13. The van der Waals surface area contributed by atoms with E-state index in [2.05, 4.69) is 51.8 Å². The van der Waals surface area contributed by atoms with E-state index in [0.29, 0.717) is 12.0 Å². The standard InChI is InChI=1S/C17H31N3S/c1-7-18-11-14-15(17(4,5)6)19-16(21-14)20-10-8-9-13(20)12(2)3/h12-13,18H,7-11H2,1-6H3. The van der Waals surface area contributed by atoms with Crippen LogP contribution in [0.15, 0.2) is 0 Å². The van der Waals surface area contributed by atoms with E-state index in [0.717, 1.165) is 13.1 Å². The van der Waals surface area contributed by atoms with Crippen molar-refractivity contribution in [3.63, 3.8) is 0 Å². The number of nitrogens with one attached hydrogen (secondary N) is 1. The smallest absolute Gasteiger partial charge is 0.186 e. The maximum atomic E-state index is 5.05. The van der Waals surface area contributed by atoms with Crippen molar-refractivity contribution in [3.8, 4) is 0 Å². The average molecular weight is 310 g/mol. The summed E-state index contributed by atoms with van der Waals surface area (Å²) in [5, 5.41) is 4.71. The summed E-state index contributed by atoms with van der Waals surface area (Å²) in [5.41, 5.74) is 1.39. The van der Waals surface area contributed by atoms with Gasteiger partial charge in [-0.05, 0) is 25.3 Å². The molecule has 1 fully saturated rings. The first-order chi connectivity index (χ1) is 9.84. The second-order valence-electron chi connectivity index (χ2n) is 7.45. The Morgan fingerprint density at radius 1 is 1.38 bits per heavy atom. The Morgan fingerprint density at radius 3 is 2.67 bits per heavy atom. The molecule has 1 unspecified atom stereocenters. The highest BCUT2D eigenvalue weighted by Gasteiger charge is 2.31. The molecular formula is C17H31N3S. The summed E-state index contributed by atoms with van der Waals surface area (Å²) in [6, 6.07) is 0.663. The summed E-state index contributed by atoms with van der Waals surface area (Å²) in [4.78, 5) is 9.02. The molecule has 0 aromatic carbocycles. The summed E-state index contributed by atoms with van der Waals surface area (Å²) in [6.07, 6.45) is 2.61. The van der Waals surface area contributed by atoms with Crippen LogP contribution in [0.25, 0.3) is 0 Å². The van der Waals surface area contributed by atoms with E-state index in [1.807, 2.05) is 11.3 Å². The predicted octanol–water partition coefficient (Wildman–Crippen LogP) is 4.17. The molecule has 1 atom stereocenters. The van der Waals surface area contributed by atoms with Crippen LogP contribution >= 0.6 is 11.3 Å². The van der Waals surface area contributed by atoms with E-state index in [4.69, 9.17) is 4.98 Å². The molecule has 1 N–H and O–H groups in total. The molecule has 1 saturated heterocycles. The second-order valence-corrected chi connectivity index (χ2v) is 8.51. The number of rotatable bonds is 5. The lowest BCUT2D eigenvalue weighted by Gasteiger charge is -2.27. The van der Waals surface area contributed by atoms with Crippen molar-refractivity contribution in [1.82, 2.24) is 10.3 Å². The summed E-state index contributed by atoms with van der Waals surface area (Å²) < 4.78 is 0. The zero-order valence-electron chi connectivity index (χ0n) is 14.5. The Labute approximate surface area is 134 Å². The van der Waals surface area contributed by atoms with Crippen molar-refractivity contribution in [3.05, 3.63) is 10.6 Å². The fraction of sp³-hybridized carbons (Fsp3) is 0.824. The second kappa shape index (κ2) is 6.66. The molecular weight excluding hydrogens is 278 g/mol. The minimum atomic E-state index is 0.118. The maximum absolute atomic E-state index is 5.05. The van der Waals surface area contributed by atoms with Crippen LogP contribution in [0.1, 0.15) is 65.0 Å². The maximum Gasteiger partial charge on any atom is 0.186 e. The van der Waals surface area contributed by atoms with Crippen LogP contribution in [0.2, 0.25) is 0 Å². The monoisotopic (exact) mass is 309 g/mol. The molecule has 0 saturated carbocycles. The highest BCUT2D eigenvalue weighted by molar-refractivity contribution is 7.15. The Kier molecular flexibility index (Phi) is 5.31. The van der Waals surface area contributed by atoms with E-state index >= 15 is 0 Å². The Bertz CT molecular complexity index is 459. The molecule has 120 valence electrons. The van der Waals surface area contributed by atoms with E-state index in [-0.39, 0.29) is 5.41 Å². The van der Waals surface area contributed by atoms with Gasteiger partial charge >= 0.3 is 0 Å². The zero-order valence-corrected chi connectivity index (χ0v) is 15.3. The van der Waals surface area contributed by atoms with Crippen LogP contribution in [0.4, 0.5) is 5.13 Å². The first-order valence-corrected chi connectivity index (χ1v) is 9.13. The topological polar surface area (TPSA) is 28.2 Å². The molecule has 0 bridgehead atoms. The van der Waals surface area contributed by atoms with Crippen LogP contribution < -0.4 is 10.2 Å². The third-order valence-electron chi connectivity index (χ3n) is 4.25. The van der Waals surface area contributed by atoms with Gasteiger partial charge < -0.3 is 10.2 Å². The molecule has 1 aliphatic rings. The van der Waals surface area contributed by atoms with Gasteiger partial charge in [0.25, 0.3) is 0 Å². The first-order valence-electron chi connectivity index (χ1n) is 8.32. The molecule has 0 spiro atoms. The average Bonchev–Trinajstić information content (AvgIpc) is 3.01. The third kappa shape index (κ3) is 3.78. The van der Waals surface area contributed by atoms with E-state index in [9.17, 15) is 0 Å². The number of hydrogen-bond donors (Lipinski definition) is 1. The van der Waals surface area contributed by atoms with Crippen molar-refractivity contribution >= 4 is 16.5 Å². The van der Waals surface area contributed by atoms with Crippen molar-refractivity contribution < 1.29 is 0 Å². The molecule has 4 heteroatoms. The molecule has 3 nitrogen and oxygen atoms in total. The number of anilines is 1. The van der Waals surface area contributed by atoms with Crippen LogP contribution in [-0.2, 0) is 12.0 Å². The third-order valence-corrected chi connectivity index (χ3v) is 5.34. The highest BCUT2D eigenvalue weighted by Crippen LogP contribution is 2.37. The van der Waals surface area contributed by atoms with Crippen LogP contribution in [0, 0.1) is 5.92 Å². The van der Waals surface area contributed by atoms with Crippen LogP contribution in [-0.4, -0.2) is 24.1 Å². The molecule has 21 heavy (non-hydrogen) atoms. The first kappa shape index (κ1) is 16.8. The number of nitrogens with zero attached hydrogens (tertiary/aromatic N) is 2. The molecule has 1 aromatic rings. The van der Waals surface area contributed by atoms with Crippen molar-refractivity contribution in [2.75, 3.05) is 18.0 Å². The van der Waals surface area contributed by atoms with Gasteiger partial charge in [0.05, 0.1) is 5.69 Å². The Morgan fingerprint density at radius 2 is 2.10 bits per heavy atom. The van der Waals surface area contributed by atoms with Crippen LogP contribution in [0.3, 0.4) is 0 Å². The normalized spacial score (nSPS) is 19.8. The van der Waals surface area contributed by atoms with Gasteiger partial charge in [-0.3, -0.25) is 0 Å². The van der Waals surface area contributed by atoms with Gasteiger partial charge in [0.15, 0.2) is 5.13 Å². The van der Waals surface area contributed by atoms with Gasteiger partial charge in [0.2, 0.25) is 0 Å². The molecule has 2 heterocycles. The molecule has 1 aliphatic heterocycles. The van der Waals surface area contributed by atoms with E-state index in [1.54, 1.807) is 0 Å². The molecule has 2 rings (SSSR count). The van der Waals surface area contributed by atoms with Gasteiger partial charge in [-0.2, -0.15) is 0 Å². The molecule has 0 radical (unpaired) electrons. The summed E-state index contributed by atoms with van der Waals surface area (Å²) in [6.45, 7) is 16.8. The fourth-order valence-corrected chi connectivity index (χ4v) is 4.45. The lowest BCUT2D eigenvalue weighted by molar-refractivity contribution is 0.490. The van der Waals surface area contributed by atoms with Crippen LogP contribution in [0.5, 0.6) is 0 Å². The van der Waals surface area contributed by atoms with Gasteiger partial charge in [0.1, 0.15) is 0 Å². The highest BCUT2D eigenvalue weighted by atomic mass is 32.1. The largest absolute Gasteiger partial charge is 0.345 e. The lowest BCUT2D eigenvalue weighted by Crippen LogP contribution is -2.33. The van der Waals surface area contributed by atoms with Gasteiger partial charge in [-0.1, -0.05) is 41.5 Å². The SMILES string of the molecule is CCNCc1sc(N2CCCC2C(C)C)nc1C(C)(C)C. The van der Waals surface area contributed by atoms with Crippen molar-refractivity contribution in [2.24, 2.45) is 5.92 Å². The Balaban J connectivity index is 2.30. The van der Waals surface area contributed by atoms with Crippen molar-refractivity contribution in [2.45, 2.75) is 72.4 Å². The predicted molar refractivity (Wildman–Crippen MR) is 93.4 cm³/mol. The van der Waals surface area contributed by atoms with Crippen molar-refractivity contribution in [1.29, 1.82) is 0 Å². The zero-order chi connectivity index (χ0) is 15.6. The molecule has 0 amide bonds. The number of thiazole rings is 1. The summed E-state index contributed by atoms with van der Waals surface area (Å²) in [7, 11) is 0. The number of hydrogen-bond acceptors (Lipinski definition) is 4. The van der Waals surface area contributed by atoms with Gasteiger partial charge in [-0.25, -0.2) is 4.98 Å². The van der Waals surface area contributed by atoms with Gasteiger partial charge in [-0.15, -0.1) is 11.3 Å². The number of aromatic nitrogens is 1. The minimum absolute atomic E-state index is 0.118. The molecule has 0 aliphatic carbocycles. The molecule has 1 aromatic heterocycles. The summed E-state index contributed by atoms with van der Waals surface area (Å²) in [5.74, 6) is 0.701. The Hall–Kier alpha value is -0.610. The quantitative estimate of drug-likeness (QED) is 0.884.